The van der Waals surface area contributed by atoms with Crippen LogP contribution in [0.4, 0.5) is 21.4 Å². The van der Waals surface area contributed by atoms with Gasteiger partial charge in [0.05, 0.1) is 10.5 Å². The molecule has 0 aliphatic rings. The van der Waals surface area contributed by atoms with Crippen LogP contribution >= 0.6 is 0 Å². The van der Waals surface area contributed by atoms with Gasteiger partial charge < -0.3 is 0 Å². The first kappa shape index (κ1) is 11.9. The minimum Gasteiger partial charge on any atom is -0.206 e. The third-order valence-electron chi connectivity index (χ3n) is 1.52. The van der Waals surface area contributed by atoms with Crippen LogP contribution in [-0.4, -0.2) is 8.42 Å². The van der Waals surface area contributed by atoms with Gasteiger partial charge >= 0.3 is 16.4 Å². The maximum absolute atomic E-state index is 12.6. The van der Waals surface area contributed by atoms with Gasteiger partial charge in [-0.2, -0.15) is 21.6 Å². The Morgan fingerprint density at radius 3 is 2.07 bits per heavy atom. The standard InChI is InChI=1S/C7H3F5O2S/c8-6-2-1-4(15(12,13)14)3-5(6)7(9,10)11/h1-3H. The van der Waals surface area contributed by atoms with Crippen LogP contribution in [0, 0.1) is 5.82 Å². The molecule has 15 heavy (non-hydrogen) atoms. The molecular formula is C7H3F5O2S. The van der Waals surface area contributed by atoms with E-state index in [2.05, 4.69) is 0 Å². The average molecular weight is 246 g/mol. The predicted octanol–water partition coefficient (Wildman–Crippen LogP) is 2.50. The van der Waals surface area contributed by atoms with E-state index in [-0.39, 0.29) is 12.1 Å². The molecule has 0 amide bonds. The van der Waals surface area contributed by atoms with Crippen LogP contribution in [-0.2, 0) is 16.4 Å². The SMILES string of the molecule is O=S(=O)(F)c1ccc(F)c(C(F)(F)F)c1. The van der Waals surface area contributed by atoms with Crippen LogP contribution in [0.2, 0.25) is 0 Å². The fourth-order valence-corrected chi connectivity index (χ4v) is 1.36. The molecule has 0 saturated carbocycles. The fourth-order valence-electron chi connectivity index (χ4n) is 0.873. The van der Waals surface area contributed by atoms with E-state index in [0.717, 1.165) is 0 Å². The molecule has 0 atom stereocenters. The molecule has 1 aromatic carbocycles. The van der Waals surface area contributed by atoms with Gasteiger partial charge in [-0.05, 0) is 18.2 Å². The lowest BCUT2D eigenvalue weighted by Gasteiger charge is -2.08. The molecule has 0 N–H and O–H groups in total. The van der Waals surface area contributed by atoms with E-state index in [1.807, 2.05) is 0 Å². The lowest BCUT2D eigenvalue weighted by molar-refractivity contribution is -0.140. The minimum absolute atomic E-state index is 0.0926. The topological polar surface area (TPSA) is 34.1 Å². The van der Waals surface area contributed by atoms with Crippen molar-refractivity contribution >= 4 is 10.2 Å². The summed E-state index contributed by atoms with van der Waals surface area (Å²) >= 11 is 0. The molecule has 1 rings (SSSR count). The molecule has 2 nitrogen and oxygen atoms in total. The molecule has 8 heteroatoms. The summed E-state index contributed by atoms with van der Waals surface area (Å²) in [6.07, 6.45) is -5.06. The van der Waals surface area contributed by atoms with Gasteiger partial charge in [-0.25, -0.2) is 4.39 Å². The normalized spacial score (nSPS) is 12.9. The summed E-state index contributed by atoms with van der Waals surface area (Å²) in [5, 5.41) is 0. The van der Waals surface area contributed by atoms with Crippen molar-refractivity contribution in [3.05, 3.63) is 29.6 Å². The molecule has 84 valence electrons. The lowest BCUT2D eigenvalue weighted by Crippen LogP contribution is -2.09. The maximum Gasteiger partial charge on any atom is 0.419 e. The van der Waals surface area contributed by atoms with Gasteiger partial charge in [-0.15, -0.1) is 3.89 Å². The minimum atomic E-state index is -5.27. The predicted molar refractivity (Wildman–Crippen MR) is 39.7 cm³/mol. The van der Waals surface area contributed by atoms with Crippen LogP contribution in [0.5, 0.6) is 0 Å². The van der Waals surface area contributed by atoms with E-state index in [1.54, 1.807) is 0 Å². The highest BCUT2D eigenvalue weighted by molar-refractivity contribution is 7.86. The highest BCUT2D eigenvalue weighted by Crippen LogP contribution is 2.32. The Bertz CT molecular complexity index is 477. The highest BCUT2D eigenvalue weighted by atomic mass is 32.3. The Hall–Kier alpha value is -1.18. The first-order valence-corrected chi connectivity index (χ1v) is 4.82. The van der Waals surface area contributed by atoms with Gasteiger partial charge in [0.1, 0.15) is 5.82 Å². The number of hydrogen-bond donors (Lipinski definition) is 0. The zero-order valence-corrected chi connectivity index (χ0v) is 7.66. The smallest absolute Gasteiger partial charge is 0.206 e. The number of alkyl halides is 3. The van der Waals surface area contributed by atoms with Crippen molar-refractivity contribution in [2.24, 2.45) is 0 Å². The first-order chi connectivity index (χ1) is 6.62. The summed E-state index contributed by atoms with van der Waals surface area (Å²) < 4.78 is 81.6. The van der Waals surface area contributed by atoms with Gasteiger partial charge in [-0.3, -0.25) is 0 Å². The molecule has 0 unspecified atom stereocenters. The molecular weight excluding hydrogens is 243 g/mol. The third kappa shape index (κ3) is 2.65. The summed E-state index contributed by atoms with van der Waals surface area (Å²) in [4.78, 5) is -1.23. The molecule has 0 bridgehead atoms. The van der Waals surface area contributed by atoms with Gasteiger partial charge in [0.15, 0.2) is 0 Å². The third-order valence-corrected chi connectivity index (χ3v) is 2.34. The molecule has 0 heterocycles. The van der Waals surface area contributed by atoms with E-state index >= 15 is 0 Å². The number of halogens is 5. The maximum atomic E-state index is 12.6. The molecule has 0 radical (unpaired) electrons. The summed E-state index contributed by atoms with van der Waals surface area (Å²) in [6.45, 7) is 0. The summed E-state index contributed by atoms with van der Waals surface area (Å²) in [6, 6.07) is 0.569. The Labute approximate surface area is 81.5 Å². The van der Waals surface area contributed by atoms with Crippen LogP contribution in [0.15, 0.2) is 23.1 Å². The van der Waals surface area contributed by atoms with Crippen LogP contribution in [0.25, 0.3) is 0 Å². The summed E-state index contributed by atoms with van der Waals surface area (Å²) in [5.74, 6) is -1.66. The van der Waals surface area contributed by atoms with Gasteiger partial charge in [0, 0.05) is 0 Å². The van der Waals surface area contributed by atoms with Crippen LogP contribution < -0.4 is 0 Å². The van der Waals surface area contributed by atoms with Crippen molar-refractivity contribution in [2.75, 3.05) is 0 Å². The number of rotatable bonds is 1. The zero-order valence-electron chi connectivity index (χ0n) is 6.85. The molecule has 1 aromatic rings. The van der Waals surface area contributed by atoms with E-state index in [1.165, 1.54) is 0 Å². The Kier molecular flexibility index (Phi) is 2.73. The zero-order chi connectivity index (χ0) is 11.9. The van der Waals surface area contributed by atoms with Crippen molar-refractivity contribution in [3.8, 4) is 0 Å². The molecule has 0 aliphatic heterocycles. The molecule has 0 fully saturated rings. The molecule has 0 saturated heterocycles. The molecule has 0 aromatic heterocycles. The Balaban J connectivity index is 3.43. The Morgan fingerprint density at radius 2 is 1.67 bits per heavy atom. The second-order valence-electron chi connectivity index (χ2n) is 2.58. The lowest BCUT2D eigenvalue weighted by atomic mass is 10.2. The van der Waals surface area contributed by atoms with Gasteiger partial charge in [-0.1, -0.05) is 0 Å². The largest absolute Gasteiger partial charge is 0.419 e. The van der Waals surface area contributed by atoms with E-state index in [4.69, 9.17) is 0 Å². The van der Waals surface area contributed by atoms with Crippen LogP contribution in [0.1, 0.15) is 5.56 Å². The van der Waals surface area contributed by atoms with Crippen molar-refractivity contribution < 1.29 is 29.9 Å². The van der Waals surface area contributed by atoms with Gasteiger partial charge in [0.25, 0.3) is 0 Å². The number of benzene rings is 1. The number of hydrogen-bond acceptors (Lipinski definition) is 2. The first-order valence-electron chi connectivity index (χ1n) is 3.44. The van der Waals surface area contributed by atoms with Crippen molar-refractivity contribution in [1.29, 1.82) is 0 Å². The summed E-state index contributed by atoms with van der Waals surface area (Å²) in [5.41, 5.74) is -1.82. The average Bonchev–Trinajstić information content (AvgIpc) is 2.00. The quantitative estimate of drug-likeness (QED) is 0.563. The van der Waals surface area contributed by atoms with Crippen molar-refractivity contribution in [3.63, 3.8) is 0 Å². The summed E-state index contributed by atoms with van der Waals surface area (Å²) in [7, 11) is -5.27. The van der Waals surface area contributed by atoms with E-state index < -0.39 is 32.7 Å². The Morgan fingerprint density at radius 1 is 1.13 bits per heavy atom. The molecule has 0 aliphatic carbocycles. The van der Waals surface area contributed by atoms with E-state index in [0.29, 0.717) is 6.07 Å². The van der Waals surface area contributed by atoms with Crippen molar-refractivity contribution in [1.82, 2.24) is 0 Å². The second kappa shape index (κ2) is 3.44. The van der Waals surface area contributed by atoms with Gasteiger partial charge in [0.2, 0.25) is 0 Å². The monoisotopic (exact) mass is 246 g/mol. The van der Waals surface area contributed by atoms with Crippen molar-refractivity contribution in [2.45, 2.75) is 11.1 Å². The highest BCUT2D eigenvalue weighted by Gasteiger charge is 2.35. The van der Waals surface area contributed by atoms with E-state index in [9.17, 15) is 29.9 Å². The van der Waals surface area contributed by atoms with Crippen LogP contribution in [0.3, 0.4) is 0 Å². The fraction of sp³-hybridized carbons (Fsp3) is 0.143. The molecule has 0 spiro atoms. The second-order valence-corrected chi connectivity index (χ2v) is 3.92.